The van der Waals surface area contributed by atoms with Gasteiger partial charge < -0.3 is 13.7 Å². The number of aromatic nitrogens is 2. The van der Waals surface area contributed by atoms with E-state index in [4.69, 9.17) is 9.15 Å². The van der Waals surface area contributed by atoms with Crippen molar-refractivity contribution in [2.24, 2.45) is 0 Å². The number of ether oxygens (including phenoxy) is 1. The summed E-state index contributed by atoms with van der Waals surface area (Å²) in [5, 5.41) is 0. The molecule has 1 atom stereocenters. The number of pyridine rings is 1. The van der Waals surface area contributed by atoms with Crippen LogP contribution in [0.3, 0.4) is 0 Å². The molecule has 0 aromatic carbocycles. The van der Waals surface area contributed by atoms with Gasteiger partial charge in [0.25, 0.3) is 0 Å². The first-order chi connectivity index (χ1) is 12.3. The van der Waals surface area contributed by atoms with Gasteiger partial charge in [-0.1, -0.05) is 6.07 Å². The molecular weight excluding hydrogens is 314 g/mol. The molecule has 0 N–H and O–H groups in total. The van der Waals surface area contributed by atoms with Gasteiger partial charge in [0.05, 0.1) is 24.9 Å². The number of furan rings is 1. The third-order valence-corrected chi connectivity index (χ3v) is 4.54. The van der Waals surface area contributed by atoms with E-state index in [2.05, 4.69) is 38.8 Å². The van der Waals surface area contributed by atoms with E-state index in [0.717, 1.165) is 43.4 Å². The summed E-state index contributed by atoms with van der Waals surface area (Å²) in [6.07, 6.45) is 4.06. The fraction of sp³-hybridized carbons (Fsp3) is 0.350. The Kier molecular flexibility index (Phi) is 4.68. The standard InChI is InChI=1S/C20H23N3O2/c1-16-7-8-19(25-16)12-22-11-18-6-4-10-23(18)14-20(13-22)24-15-17-5-2-3-9-21-17/h2-10,20H,11-15H2,1H3. The Hall–Kier alpha value is -2.37. The average molecular weight is 337 g/mol. The fourth-order valence-electron chi connectivity index (χ4n) is 3.33. The number of hydrogen-bond acceptors (Lipinski definition) is 4. The summed E-state index contributed by atoms with van der Waals surface area (Å²) in [6, 6.07) is 14.3. The van der Waals surface area contributed by atoms with E-state index in [1.165, 1.54) is 5.69 Å². The summed E-state index contributed by atoms with van der Waals surface area (Å²) < 4.78 is 14.2. The van der Waals surface area contributed by atoms with Crippen LogP contribution in [-0.4, -0.2) is 27.1 Å². The number of fused-ring (bicyclic) bond motifs is 1. The molecule has 1 aliphatic rings. The van der Waals surface area contributed by atoms with Gasteiger partial charge in [0.1, 0.15) is 11.5 Å². The molecule has 3 aromatic heterocycles. The molecule has 0 bridgehead atoms. The predicted molar refractivity (Wildman–Crippen MR) is 94.8 cm³/mol. The van der Waals surface area contributed by atoms with E-state index >= 15 is 0 Å². The van der Waals surface area contributed by atoms with E-state index in [1.54, 1.807) is 6.20 Å². The maximum absolute atomic E-state index is 6.19. The van der Waals surface area contributed by atoms with Crippen molar-refractivity contribution >= 4 is 0 Å². The zero-order valence-corrected chi connectivity index (χ0v) is 14.5. The van der Waals surface area contributed by atoms with Crippen molar-refractivity contribution < 1.29 is 9.15 Å². The second-order valence-corrected chi connectivity index (χ2v) is 6.59. The zero-order chi connectivity index (χ0) is 17.1. The monoisotopic (exact) mass is 337 g/mol. The molecule has 0 spiro atoms. The molecule has 3 aromatic rings. The molecule has 0 saturated carbocycles. The van der Waals surface area contributed by atoms with E-state index in [-0.39, 0.29) is 6.10 Å². The Morgan fingerprint density at radius 1 is 1.16 bits per heavy atom. The van der Waals surface area contributed by atoms with Crippen molar-refractivity contribution in [3.05, 3.63) is 77.8 Å². The number of aryl methyl sites for hydroxylation is 1. The van der Waals surface area contributed by atoms with E-state index in [1.807, 2.05) is 31.2 Å². The molecule has 4 rings (SSSR count). The Balaban J connectivity index is 1.47. The summed E-state index contributed by atoms with van der Waals surface area (Å²) in [4.78, 5) is 6.74. The molecule has 0 amide bonds. The number of rotatable bonds is 5. The highest BCUT2D eigenvalue weighted by atomic mass is 16.5. The molecule has 130 valence electrons. The average Bonchev–Trinajstić information content (AvgIpc) is 3.19. The molecule has 5 heteroatoms. The van der Waals surface area contributed by atoms with Gasteiger partial charge >= 0.3 is 0 Å². The van der Waals surface area contributed by atoms with Crippen LogP contribution in [0.1, 0.15) is 22.9 Å². The van der Waals surface area contributed by atoms with Crippen molar-refractivity contribution in [3.8, 4) is 0 Å². The molecular formula is C20H23N3O2. The first-order valence-corrected chi connectivity index (χ1v) is 8.69. The topological polar surface area (TPSA) is 43.4 Å². The summed E-state index contributed by atoms with van der Waals surface area (Å²) in [7, 11) is 0. The van der Waals surface area contributed by atoms with Gasteiger partial charge in [0.15, 0.2) is 0 Å². The van der Waals surface area contributed by atoms with E-state index < -0.39 is 0 Å². The van der Waals surface area contributed by atoms with Crippen LogP contribution in [0, 0.1) is 6.92 Å². The van der Waals surface area contributed by atoms with Crippen LogP contribution < -0.4 is 0 Å². The van der Waals surface area contributed by atoms with Crippen molar-refractivity contribution in [1.29, 1.82) is 0 Å². The van der Waals surface area contributed by atoms with Crippen molar-refractivity contribution in [3.63, 3.8) is 0 Å². The smallest absolute Gasteiger partial charge is 0.118 e. The van der Waals surface area contributed by atoms with Crippen molar-refractivity contribution in [1.82, 2.24) is 14.5 Å². The largest absolute Gasteiger partial charge is 0.465 e. The van der Waals surface area contributed by atoms with Crippen molar-refractivity contribution in [2.75, 3.05) is 6.54 Å². The quantitative estimate of drug-likeness (QED) is 0.716. The zero-order valence-electron chi connectivity index (χ0n) is 14.5. The SMILES string of the molecule is Cc1ccc(CN2Cc3cccn3CC(OCc3ccccn3)C2)o1. The molecule has 1 aliphatic heterocycles. The van der Waals surface area contributed by atoms with Crippen LogP contribution in [0.4, 0.5) is 0 Å². The molecule has 5 nitrogen and oxygen atoms in total. The highest BCUT2D eigenvalue weighted by Gasteiger charge is 2.23. The lowest BCUT2D eigenvalue weighted by Gasteiger charge is -2.23. The normalized spacial score (nSPS) is 18.0. The summed E-state index contributed by atoms with van der Waals surface area (Å²) in [5.41, 5.74) is 2.28. The van der Waals surface area contributed by atoms with E-state index in [0.29, 0.717) is 6.61 Å². The van der Waals surface area contributed by atoms with Gasteiger partial charge in [-0.2, -0.15) is 0 Å². The minimum atomic E-state index is 0.117. The number of hydrogen-bond donors (Lipinski definition) is 0. The van der Waals surface area contributed by atoms with Gasteiger partial charge in [-0.05, 0) is 43.3 Å². The minimum Gasteiger partial charge on any atom is -0.465 e. The van der Waals surface area contributed by atoms with Crippen LogP contribution in [-0.2, 0) is 31.0 Å². The molecule has 25 heavy (non-hydrogen) atoms. The van der Waals surface area contributed by atoms with Crippen LogP contribution in [0.2, 0.25) is 0 Å². The van der Waals surface area contributed by atoms with E-state index in [9.17, 15) is 0 Å². The maximum Gasteiger partial charge on any atom is 0.118 e. The Bertz CT molecular complexity index is 809. The fourth-order valence-corrected chi connectivity index (χ4v) is 3.33. The van der Waals surface area contributed by atoms with Gasteiger partial charge in [0.2, 0.25) is 0 Å². The van der Waals surface area contributed by atoms with Gasteiger partial charge in [-0.25, -0.2) is 0 Å². The van der Waals surface area contributed by atoms with Gasteiger partial charge in [0, 0.05) is 37.7 Å². The molecule has 0 aliphatic carbocycles. The highest BCUT2D eigenvalue weighted by Crippen LogP contribution is 2.19. The first-order valence-electron chi connectivity index (χ1n) is 8.69. The Morgan fingerprint density at radius 2 is 2.12 bits per heavy atom. The lowest BCUT2D eigenvalue weighted by atomic mass is 10.3. The summed E-state index contributed by atoms with van der Waals surface area (Å²) in [5.74, 6) is 1.96. The third-order valence-electron chi connectivity index (χ3n) is 4.54. The first kappa shape index (κ1) is 16.1. The van der Waals surface area contributed by atoms with Crippen molar-refractivity contribution in [2.45, 2.75) is 39.3 Å². The van der Waals surface area contributed by atoms with Gasteiger partial charge in [-0.3, -0.25) is 9.88 Å². The molecule has 0 saturated heterocycles. The van der Waals surface area contributed by atoms with Crippen LogP contribution in [0.15, 0.2) is 59.3 Å². The second-order valence-electron chi connectivity index (χ2n) is 6.59. The lowest BCUT2D eigenvalue weighted by molar-refractivity contribution is 0.00618. The van der Waals surface area contributed by atoms with Gasteiger partial charge in [-0.15, -0.1) is 0 Å². The summed E-state index contributed by atoms with van der Waals surface area (Å²) >= 11 is 0. The molecule has 0 radical (unpaired) electrons. The molecule has 1 unspecified atom stereocenters. The number of nitrogens with zero attached hydrogens (tertiary/aromatic N) is 3. The Labute approximate surface area is 147 Å². The Morgan fingerprint density at radius 3 is 2.92 bits per heavy atom. The lowest BCUT2D eigenvalue weighted by Crippen LogP contribution is -2.32. The molecule has 0 fully saturated rings. The van der Waals surface area contributed by atoms with Crippen LogP contribution >= 0.6 is 0 Å². The molecule has 4 heterocycles. The maximum atomic E-state index is 6.19. The minimum absolute atomic E-state index is 0.117. The second kappa shape index (κ2) is 7.25. The van der Waals surface area contributed by atoms with Crippen LogP contribution in [0.5, 0.6) is 0 Å². The predicted octanol–water partition coefficient (Wildman–Crippen LogP) is 3.39. The highest BCUT2D eigenvalue weighted by molar-refractivity contribution is 5.10. The third kappa shape index (κ3) is 4.00. The summed E-state index contributed by atoms with van der Waals surface area (Å²) in [6.45, 7) is 5.95. The van der Waals surface area contributed by atoms with Crippen LogP contribution in [0.25, 0.3) is 0 Å².